The van der Waals surface area contributed by atoms with Crippen molar-refractivity contribution < 1.29 is 9.18 Å². The number of nitrogens with two attached hydrogens (primary N) is 1. The number of nitrogens with zero attached hydrogens (tertiary/aromatic N) is 3. The van der Waals surface area contributed by atoms with E-state index in [1.165, 1.54) is 16.8 Å². The van der Waals surface area contributed by atoms with Gasteiger partial charge in [0.25, 0.3) is 0 Å². The minimum Gasteiger partial charge on any atom is -0.335 e. The number of nitrogen functional groups attached to an aromatic ring is 1. The second-order valence-electron chi connectivity index (χ2n) is 5.41. The number of amides is 1. The molecule has 2 aromatic carbocycles. The molecule has 6 nitrogen and oxygen atoms in total. The van der Waals surface area contributed by atoms with E-state index in [4.69, 9.17) is 17.4 Å². The average Bonchev–Trinajstić information content (AvgIpc) is 2.98. The number of rotatable bonds is 5. The number of hydrogen-bond acceptors (Lipinski definition) is 5. The summed E-state index contributed by atoms with van der Waals surface area (Å²) < 4.78 is 14.3. The Bertz CT molecular complexity index is 931. The van der Waals surface area contributed by atoms with E-state index in [-0.39, 0.29) is 11.7 Å². The molecule has 1 amide bonds. The Labute approximate surface area is 158 Å². The number of para-hydroxylation sites is 1. The number of thioether (sulfide) groups is 1. The molecule has 26 heavy (non-hydrogen) atoms. The molecule has 0 unspecified atom stereocenters. The highest BCUT2D eigenvalue weighted by atomic mass is 35.5. The van der Waals surface area contributed by atoms with Gasteiger partial charge in [-0.05, 0) is 43.3 Å². The van der Waals surface area contributed by atoms with E-state index < -0.39 is 5.25 Å². The van der Waals surface area contributed by atoms with Crippen LogP contribution in [-0.2, 0) is 4.79 Å². The Morgan fingerprint density at radius 2 is 1.92 bits per heavy atom. The van der Waals surface area contributed by atoms with Gasteiger partial charge in [-0.2, -0.15) is 0 Å². The Kier molecular flexibility index (Phi) is 5.43. The molecule has 0 spiro atoms. The fraction of sp³-hybridized carbons (Fsp3) is 0.118. The molecule has 0 bridgehead atoms. The van der Waals surface area contributed by atoms with Gasteiger partial charge in [-0.25, -0.2) is 9.07 Å². The van der Waals surface area contributed by atoms with E-state index in [2.05, 4.69) is 15.5 Å². The van der Waals surface area contributed by atoms with Crippen molar-refractivity contribution >= 4 is 35.0 Å². The number of carbonyl (C=O) groups is 1. The molecule has 0 aliphatic rings. The average molecular weight is 392 g/mol. The first kappa shape index (κ1) is 18.2. The molecule has 1 atom stereocenters. The van der Waals surface area contributed by atoms with Crippen molar-refractivity contribution in [3.8, 4) is 11.4 Å². The maximum atomic E-state index is 13.0. The van der Waals surface area contributed by atoms with Crippen molar-refractivity contribution in [2.24, 2.45) is 0 Å². The summed E-state index contributed by atoms with van der Waals surface area (Å²) in [6.07, 6.45) is 0. The third-order valence-corrected chi connectivity index (χ3v) is 4.94. The minimum atomic E-state index is -0.487. The number of halogens is 2. The first-order valence-corrected chi connectivity index (χ1v) is 8.90. The molecule has 1 aromatic heterocycles. The normalized spacial score (nSPS) is 12.0. The van der Waals surface area contributed by atoms with E-state index in [9.17, 15) is 9.18 Å². The maximum absolute atomic E-state index is 13.0. The zero-order valence-electron chi connectivity index (χ0n) is 13.7. The van der Waals surface area contributed by atoms with Crippen LogP contribution >= 0.6 is 23.4 Å². The SMILES string of the molecule is C[C@@H](Sc1nnc(-c2ccc(F)cc2)n1N)C(=O)Nc1ccccc1Cl. The Balaban J connectivity index is 1.71. The topological polar surface area (TPSA) is 85.8 Å². The van der Waals surface area contributed by atoms with Gasteiger partial charge in [-0.3, -0.25) is 4.79 Å². The summed E-state index contributed by atoms with van der Waals surface area (Å²) in [7, 11) is 0. The van der Waals surface area contributed by atoms with E-state index in [1.807, 2.05) is 0 Å². The number of benzene rings is 2. The van der Waals surface area contributed by atoms with Crippen molar-refractivity contribution in [3.05, 3.63) is 59.4 Å². The Morgan fingerprint density at radius 3 is 2.62 bits per heavy atom. The highest BCUT2D eigenvalue weighted by Gasteiger charge is 2.20. The quantitative estimate of drug-likeness (QED) is 0.513. The number of aromatic nitrogens is 3. The first-order valence-electron chi connectivity index (χ1n) is 7.64. The zero-order valence-corrected chi connectivity index (χ0v) is 15.3. The molecule has 9 heteroatoms. The van der Waals surface area contributed by atoms with Gasteiger partial charge in [0.1, 0.15) is 5.82 Å². The Morgan fingerprint density at radius 1 is 1.23 bits per heavy atom. The number of hydrogen-bond donors (Lipinski definition) is 2. The van der Waals surface area contributed by atoms with Crippen LogP contribution in [0.1, 0.15) is 6.92 Å². The molecule has 0 aliphatic carbocycles. The van der Waals surface area contributed by atoms with Gasteiger partial charge in [0.05, 0.1) is 16.0 Å². The molecule has 1 heterocycles. The van der Waals surface area contributed by atoms with E-state index in [0.29, 0.717) is 27.3 Å². The largest absolute Gasteiger partial charge is 0.335 e. The summed E-state index contributed by atoms with van der Waals surface area (Å²) in [5.74, 6) is 5.81. The lowest BCUT2D eigenvalue weighted by Gasteiger charge is -2.12. The molecular formula is C17H15ClFN5OS. The molecule has 0 radical (unpaired) electrons. The van der Waals surface area contributed by atoms with Gasteiger partial charge in [0.15, 0.2) is 5.82 Å². The Hall–Kier alpha value is -2.58. The van der Waals surface area contributed by atoms with Crippen LogP contribution in [0.25, 0.3) is 11.4 Å². The van der Waals surface area contributed by atoms with Crippen LogP contribution in [0.5, 0.6) is 0 Å². The summed E-state index contributed by atoms with van der Waals surface area (Å²) in [4.78, 5) is 12.4. The van der Waals surface area contributed by atoms with Crippen LogP contribution in [0, 0.1) is 5.82 Å². The summed E-state index contributed by atoms with van der Waals surface area (Å²) in [6, 6.07) is 12.7. The van der Waals surface area contributed by atoms with Crippen molar-refractivity contribution in [1.29, 1.82) is 0 Å². The molecule has 3 aromatic rings. The number of carbonyl (C=O) groups excluding carboxylic acids is 1. The summed E-state index contributed by atoms with van der Waals surface area (Å²) in [5, 5.41) is 11.1. The first-order chi connectivity index (χ1) is 12.5. The van der Waals surface area contributed by atoms with Gasteiger partial charge < -0.3 is 11.2 Å². The monoisotopic (exact) mass is 391 g/mol. The van der Waals surface area contributed by atoms with Crippen molar-refractivity contribution in [1.82, 2.24) is 14.9 Å². The van der Waals surface area contributed by atoms with Crippen LogP contribution in [0.4, 0.5) is 10.1 Å². The maximum Gasteiger partial charge on any atom is 0.237 e. The fourth-order valence-corrected chi connectivity index (χ4v) is 3.11. The van der Waals surface area contributed by atoms with Gasteiger partial charge in [0, 0.05) is 5.56 Å². The molecule has 134 valence electrons. The van der Waals surface area contributed by atoms with Crippen LogP contribution in [0.15, 0.2) is 53.7 Å². The van der Waals surface area contributed by atoms with Crippen molar-refractivity contribution in [3.63, 3.8) is 0 Å². The predicted octanol–water partition coefficient (Wildman–Crippen LogP) is 3.57. The summed E-state index contributed by atoms with van der Waals surface area (Å²) in [6.45, 7) is 1.73. The smallest absolute Gasteiger partial charge is 0.237 e. The van der Waals surface area contributed by atoms with E-state index in [1.54, 1.807) is 43.3 Å². The summed E-state index contributed by atoms with van der Waals surface area (Å²) >= 11 is 7.20. The molecule has 3 rings (SSSR count). The lowest BCUT2D eigenvalue weighted by Crippen LogP contribution is -2.23. The van der Waals surface area contributed by atoms with Crippen molar-refractivity contribution in [2.75, 3.05) is 11.2 Å². The van der Waals surface area contributed by atoms with E-state index >= 15 is 0 Å². The molecular weight excluding hydrogens is 377 g/mol. The summed E-state index contributed by atoms with van der Waals surface area (Å²) in [5.41, 5.74) is 1.16. The zero-order chi connectivity index (χ0) is 18.7. The third kappa shape index (κ3) is 3.97. The van der Waals surface area contributed by atoms with Crippen LogP contribution in [0.2, 0.25) is 5.02 Å². The number of nitrogens with one attached hydrogen (secondary N) is 1. The minimum absolute atomic E-state index is 0.241. The lowest BCUT2D eigenvalue weighted by molar-refractivity contribution is -0.115. The highest BCUT2D eigenvalue weighted by Crippen LogP contribution is 2.27. The standard InChI is InChI=1S/C17H15ClFN5OS/c1-10(16(25)21-14-5-3-2-4-13(14)18)26-17-23-22-15(24(17)20)11-6-8-12(19)9-7-11/h2-10H,20H2,1H3,(H,21,25)/t10-/m1/s1. The van der Waals surface area contributed by atoms with Crippen LogP contribution < -0.4 is 11.2 Å². The van der Waals surface area contributed by atoms with E-state index in [0.717, 1.165) is 11.8 Å². The molecule has 0 aliphatic heterocycles. The highest BCUT2D eigenvalue weighted by molar-refractivity contribution is 8.00. The molecule has 0 saturated heterocycles. The number of anilines is 1. The predicted molar refractivity (Wildman–Crippen MR) is 101 cm³/mol. The van der Waals surface area contributed by atoms with Gasteiger partial charge in [-0.1, -0.05) is 35.5 Å². The second kappa shape index (κ2) is 7.76. The molecule has 3 N–H and O–H groups in total. The lowest BCUT2D eigenvalue weighted by atomic mass is 10.2. The van der Waals surface area contributed by atoms with Crippen LogP contribution in [0.3, 0.4) is 0 Å². The van der Waals surface area contributed by atoms with Crippen LogP contribution in [-0.4, -0.2) is 26.0 Å². The van der Waals surface area contributed by atoms with Crippen molar-refractivity contribution in [2.45, 2.75) is 17.3 Å². The molecule has 0 fully saturated rings. The third-order valence-electron chi connectivity index (χ3n) is 3.55. The van der Waals surface area contributed by atoms with Gasteiger partial charge in [0.2, 0.25) is 11.1 Å². The van der Waals surface area contributed by atoms with Gasteiger partial charge in [-0.15, -0.1) is 10.2 Å². The second-order valence-corrected chi connectivity index (χ2v) is 7.13. The fourth-order valence-electron chi connectivity index (χ4n) is 2.16. The van der Waals surface area contributed by atoms with Gasteiger partial charge >= 0.3 is 0 Å². The molecule has 0 saturated carbocycles.